The highest BCUT2D eigenvalue weighted by Gasteiger charge is 2.31. The maximum Gasteiger partial charge on any atom is 0.186 e. The lowest BCUT2D eigenvalue weighted by Gasteiger charge is -2.27. The minimum Gasteiger partial charge on any atom is -0.342 e. The quantitative estimate of drug-likeness (QED) is 0.886. The summed E-state index contributed by atoms with van der Waals surface area (Å²) >= 11 is 1.88. The Hall–Kier alpha value is -0.610. The summed E-state index contributed by atoms with van der Waals surface area (Å²) in [5, 5.41) is 4.80. The van der Waals surface area contributed by atoms with Crippen LogP contribution in [0.4, 0.5) is 5.13 Å². The first-order valence-electron chi connectivity index (χ1n) is 7.24. The van der Waals surface area contributed by atoms with Gasteiger partial charge in [-0.2, -0.15) is 0 Å². The molecule has 2 unspecified atom stereocenters. The smallest absolute Gasteiger partial charge is 0.186 e. The molecule has 4 heteroatoms. The maximum atomic E-state index is 4.65. The van der Waals surface area contributed by atoms with E-state index in [1.165, 1.54) is 42.1 Å². The van der Waals surface area contributed by atoms with Crippen molar-refractivity contribution in [3.63, 3.8) is 0 Å². The van der Waals surface area contributed by atoms with E-state index < -0.39 is 0 Å². The number of nitrogens with one attached hydrogen (secondary N) is 1. The Bertz CT molecular complexity index is 399. The molecular weight excluding hydrogens is 242 g/mol. The molecule has 2 heterocycles. The summed E-state index contributed by atoms with van der Waals surface area (Å²) in [6, 6.07) is 2.14. The summed E-state index contributed by atoms with van der Waals surface area (Å²) in [7, 11) is 0. The van der Waals surface area contributed by atoms with Crippen LogP contribution in [0.1, 0.15) is 50.8 Å². The Balaban J connectivity index is 1.66. The highest BCUT2D eigenvalue weighted by atomic mass is 32.1. The molecule has 3 rings (SSSR count). The first-order valence-corrected chi connectivity index (χ1v) is 8.06. The van der Waals surface area contributed by atoms with E-state index in [1.807, 2.05) is 11.3 Å². The fraction of sp³-hybridized carbons (Fsp3) is 0.786. The van der Waals surface area contributed by atoms with Gasteiger partial charge >= 0.3 is 0 Å². The highest BCUT2D eigenvalue weighted by molar-refractivity contribution is 7.15. The Morgan fingerprint density at radius 1 is 1.39 bits per heavy atom. The average Bonchev–Trinajstić information content (AvgIpc) is 2.96. The molecular formula is C14H23N3S. The molecule has 0 aromatic carbocycles. The summed E-state index contributed by atoms with van der Waals surface area (Å²) < 4.78 is 0. The fourth-order valence-electron chi connectivity index (χ4n) is 2.85. The summed E-state index contributed by atoms with van der Waals surface area (Å²) in [5.74, 6) is 0. The maximum absolute atomic E-state index is 4.65. The lowest BCUT2D eigenvalue weighted by atomic mass is 10.2. The van der Waals surface area contributed by atoms with Crippen LogP contribution in [-0.4, -0.2) is 23.1 Å². The molecule has 0 bridgehead atoms. The van der Waals surface area contributed by atoms with Gasteiger partial charge < -0.3 is 10.2 Å². The van der Waals surface area contributed by atoms with Gasteiger partial charge in [0.2, 0.25) is 0 Å². The molecule has 100 valence electrons. The Labute approximate surface area is 114 Å². The Morgan fingerprint density at radius 3 is 2.94 bits per heavy atom. The second kappa shape index (κ2) is 5.17. The molecule has 2 aliphatic rings. The number of hydrogen-bond acceptors (Lipinski definition) is 4. The largest absolute Gasteiger partial charge is 0.342 e. The third kappa shape index (κ3) is 2.54. The molecule has 1 aromatic heterocycles. The number of thiazole rings is 1. The van der Waals surface area contributed by atoms with Crippen molar-refractivity contribution in [1.29, 1.82) is 0 Å². The second-order valence-electron chi connectivity index (χ2n) is 5.66. The molecule has 1 aliphatic heterocycles. The lowest BCUT2D eigenvalue weighted by molar-refractivity contribution is 0.626. The summed E-state index contributed by atoms with van der Waals surface area (Å²) in [5.41, 5.74) is 0. The zero-order chi connectivity index (χ0) is 12.5. The van der Waals surface area contributed by atoms with Gasteiger partial charge in [0.05, 0.1) is 0 Å². The third-order valence-electron chi connectivity index (χ3n) is 4.16. The number of aromatic nitrogens is 1. The topological polar surface area (TPSA) is 28.2 Å². The van der Waals surface area contributed by atoms with Crippen LogP contribution in [0.15, 0.2) is 6.20 Å². The van der Waals surface area contributed by atoms with E-state index in [0.29, 0.717) is 12.1 Å². The lowest BCUT2D eigenvalue weighted by Crippen LogP contribution is -2.33. The predicted molar refractivity (Wildman–Crippen MR) is 77.2 cm³/mol. The van der Waals surface area contributed by atoms with E-state index >= 15 is 0 Å². The van der Waals surface area contributed by atoms with Crippen molar-refractivity contribution in [1.82, 2.24) is 10.3 Å². The summed E-state index contributed by atoms with van der Waals surface area (Å²) in [4.78, 5) is 8.58. The van der Waals surface area contributed by atoms with Gasteiger partial charge in [-0.15, -0.1) is 11.3 Å². The molecule has 1 aliphatic carbocycles. The first kappa shape index (κ1) is 12.4. The summed E-state index contributed by atoms with van der Waals surface area (Å²) in [6.07, 6.45) is 8.65. The zero-order valence-corrected chi connectivity index (χ0v) is 12.2. The molecule has 3 nitrogen and oxygen atoms in total. The van der Waals surface area contributed by atoms with Crippen molar-refractivity contribution in [2.75, 3.05) is 4.90 Å². The van der Waals surface area contributed by atoms with E-state index in [9.17, 15) is 0 Å². The average molecular weight is 265 g/mol. The second-order valence-corrected chi connectivity index (χ2v) is 6.75. The van der Waals surface area contributed by atoms with Gasteiger partial charge in [0.1, 0.15) is 0 Å². The Morgan fingerprint density at radius 2 is 2.22 bits per heavy atom. The standard InChI is InChI=1S/C14H23N3S/c1-3-12-7-4-10(2)17(12)14-16-9-13(18-14)8-15-11-5-6-11/h9-12,15H,3-8H2,1-2H3. The van der Waals surface area contributed by atoms with Crippen molar-refractivity contribution in [3.05, 3.63) is 11.1 Å². The van der Waals surface area contributed by atoms with E-state index in [0.717, 1.165) is 12.6 Å². The van der Waals surface area contributed by atoms with Gasteiger partial charge in [-0.05, 0) is 39.0 Å². The van der Waals surface area contributed by atoms with Crippen LogP contribution in [0.25, 0.3) is 0 Å². The van der Waals surface area contributed by atoms with Crippen LogP contribution < -0.4 is 10.2 Å². The molecule has 1 saturated heterocycles. The molecule has 18 heavy (non-hydrogen) atoms. The molecule has 0 amide bonds. The van der Waals surface area contributed by atoms with Gasteiger partial charge in [0.15, 0.2) is 5.13 Å². The van der Waals surface area contributed by atoms with E-state index in [1.54, 1.807) is 0 Å². The van der Waals surface area contributed by atoms with Crippen molar-refractivity contribution >= 4 is 16.5 Å². The minimum atomic E-state index is 0.658. The predicted octanol–water partition coefficient (Wildman–Crippen LogP) is 3.16. The third-order valence-corrected chi connectivity index (χ3v) is 5.17. The van der Waals surface area contributed by atoms with Crippen LogP contribution in [-0.2, 0) is 6.54 Å². The fourth-order valence-corrected chi connectivity index (χ4v) is 3.88. The number of nitrogens with zero attached hydrogens (tertiary/aromatic N) is 2. The van der Waals surface area contributed by atoms with E-state index in [2.05, 4.69) is 35.2 Å². The molecule has 0 spiro atoms. The van der Waals surface area contributed by atoms with E-state index in [-0.39, 0.29) is 0 Å². The van der Waals surface area contributed by atoms with Gasteiger partial charge in [0.25, 0.3) is 0 Å². The van der Waals surface area contributed by atoms with Crippen LogP contribution in [0.5, 0.6) is 0 Å². The first-order chi connectivity index (χ1) is 8.78. The number of hydrogen-bond donors (Lipinski definition) is 1. The SMILES string of the molecule is CCC1CCC(C)N1c1ncc(CNC2CC2)s1. The van der Waals surface area contributed by atoms with Crippen molar-refractivity contribution in [2.45, 2.75) is 70.6 Å². The zero-order valence-electron chi connectivity index (χ0n) is 11.4. The Kier molecular flexibility index (Phi) is 3.57. The summed E-state index contributed by atoms with van der Waals surface area (Å²) in [6.45, 7) is 5.62. The van der Waals surface area contributed by atoms with Gasteiger partial charge in [-0.3, -0.25) is 0 Å². The molecule has 2 atom stereocenters. The van der Waals surface area contributed by atoms with Gasteiger partial charge in [0, 0.05) is 35.7 Å². The normalized spacial score (nSPS) is 28.0. The van der Waals surface area contributed by atoms with Crippen LogP contribution in [0.3, 0.4) is 0 Å². The monoisotopic (exact) mass is 265 g/mol. The van der Waals surface area contributed by atoms with Crippen LogP contribution >= 0.6 is 11.3 Å². The van der Waals surface area contributed by atoms with Crippen molar-refractivity contribution < 1.29 is 0 Å². The van der Waals surface area contributed by atoms with Gasteiger partial charge in [-0.25, -0.2) is 4.98 Å². The van der Waals surface area contributed by atoms with Crippen molar-refractivity contribution in [3.8, 4) is 0 Å². The van der Waals surface area contributed by atoms with E-state index in [4.69, 9.17) is 0 Å². The van der Waals surface area contributed by atoms with Crippen LogP contribution in [0.2, 0.25) is 0 Å². The molecule has 2 fully saturated rings. The molecule has 1 aromatic rings. The number of anilines is 1. The highest BCUT2D eigenvalue weighted by Crippen LogP contribution is 2.34. The molecule has 0 radical (unpaired) electrons. The molecule has 1 N–H and O–H groups in total. The molecule has 1 saturated carbocycles. The van der Waals surface area contributed by atoms with Crippen LogP contribution in [0, 0.1) is 0 Å². The number of rotatable bonds is 5. The van der Waals surface area contributed by atoms with Crippen molar-refractivity contribution in [2.24, 2.45) is 0 Å². The van der Waals surface area contributed by atoms with Gasteiger partial charge in [-0.1, -0.05) is 6.92 Å². The minimum absolute atomic E-state index is 0.658.